The SMILES string of the molecule is C=CCC.CC.CCC.Oc1ccccc1. The van der Waals surface area contributed by atoms with Gasteiger partial charge in [-0.25, -0.2) is 0 Å². The van der Waals surface area contributed by atoms with E-state index in [1.54, 1.807) is 24.3 Å². The molecule has 0 amide bonds. The van der Waals surface area contributed by atoms with Crippen molar-refractivity contribution in [3.63, 3.8) is 0 Å². The first-order valence-corrected chi connectivity index (χ1v) is 6.07. The number of benzene rings is 1. The van der Waals surface area contributed by atoms with Crippen molar-refractivity contribution in [1.29, 1.82) is 0 Å². The summed E-state index contributed by atoms with van der Waals surface area (Å²) in [6.07, 6.45) is 4.21. The summed E-state index contributed by atoms with van der Waals surface area (Å²) in [5.74, 6) is 0.322. The van der Waals surface area contributed by atoms with Crippen LogP contribution in [0.15, 0.2) is 43.0 Å². The molecule has 0 heterocycles. The van der Waals surface area contributed by atoms with E-state index >= 15 is 0 Å². The van der Waals surface area contributed by atoms with Gasteiger partial charge in [0, 0.05) is 0 Å². The largest absolute Gasteiger partial charge is 0.508 e. The molecule has 0 radical (unpaired) electrons. The Bertz CT molecular complexity index is 192. The van der Waals surface area contributed by atoms with Crippen LogP contribution in [0.3, 0.4) is 0 Å². The van der Waals surface area contributed by atoms with Gasteiger partial charge in [0.2, 0.25) is 0 Å². The highest BCUT2D eigenvalue weighted by Crippen LogP contribution is 2.02. The van der Waals surface area contributed by atoms with Gasteiger partial charge < -0.3 is 5.11 Å². The van der Waals surface area contributed by atoms with Gasteiger partial charge in [0.15, 0.2) is 0 Å². The summed E-state index contributed by atoms with van der Waals surface area (Å²) in [6.45, 7) is 13.8. The standard InChI is InChI=1S/C6H6O.C4H8.C3H8.C2H6/c7-6-4-2-1-3-5-6;1-3-4-2;1-3-2;1-2/h1-5,7H;3H,1,4H2,2H3;3H2,1-2H3;1-2H3. The Kier molecular flexibility index (Phi) is 29.7. The van der Waals surface area contributed by atoms with Crippen LogP contribution in [0.2, 0.25) is 0 Å². The molecule has 1 aromatic carbocycles. The van der Waals surface area contributed by atoms with Gasteiger partial charge in [-0.1, -0.05) is 65.3 Å². The first-order valence-electron chi connectivity index (χ1n) is 6.07. The Morgan fingerprint density at radius 1 is 1.06 bits per heavy atom. The van der Waals surface area contributed by atoms with Crippen LogP contribution in [0.25, 0.3) is 0 Å². The number of hydrogen-bond donors (Lipinski definition) is 1. The molecule has 16 heavy (non-hydrogen) atoms. The highest BCUT2D eigenvalue weighted by Gasteiger charge is 1.74. The quantitative estimate of drug-likeness (QED) is 0.632. The lowest BCUT2D eigenvalue weighted by Gasteiger charge is -1.82. The second kappa shape index (κ2) is 23.5. The molecule has 0 spiro atoms. The smallest absolute Gasteiger partial charge is 0.115 e. The van der Waals surface area contributed by atoms with Crippen molar-refractivity contribution in [2.75, 3.05) is 0 Å². The summed E-state index contributed by atoms with van der Waals surface area (Å²) < 4.78 is 0. The molecule has 1 rings (SSSR count). The predicted molar refractivity (Wildman–Crippen MR) is 75.9 cm³/mol. The molecule has 0 aliphatic rings. The Labute approximate surface area is 102 Å². The van der Waals surface area contributed by atoms with Gasteiger partial charge in [-0.3, -0.25) is 0 Å². The molecular weight excluding hydrogens is 196 g/mol. The normalized spacial score (nSPS) is 6.81. The summed E-state index contributed by atoms with van der Waals surface area (Å²) in [5.41, 5.74) is 0. The Morgan fingerprint density at radius 2 is 1.38 bits per heavy atom. The van der Waals surface area contributed by atoms with Gasteiger partial charge in [0.25, 0.3) is 0 Å². The molecule has 0 bridgehead atoms. The molecule has 1 N–H and O–H groups in total. The first-order chi connectivity index (χ1) is 7.72. The lowest BCUT2D eigenvalue weighted by Crippen LogP contribution is -1.56. The third-order valence-electron chi connectivity index (χ3n) is 1.04. The van der Waals surface area contributed by atoms with E-state index in [4.69, 9.17) is 5.11 Å². The van der Waals surface area contributed by atoms with Crippen LogP contribution in [-0.2, 0) is 0 Å². The van der Waals surface area contributed by atoms with Crippen LogP contribution in [0.5, 0.6) is 5.75 Å². The average Bonchev–Trinajstić information content (AvgIpc) is 2.34. The lowest BCUT2D eigenvalue weighted by molar-refractivity contribution is 0.475. The van der Waals surface area contributed by atoms with E-state index in [0.29, 0.717) is 5.75 Å². The zero-order valence-electron chi connectivity index (χ0n) is 11.5. The van der Waals surface area contributed by atoms with Crippen LogP contribution in [0.4, 0.5) is 0 Å². The topological polar surface area (TPSA) is 20.2 Å². The van der Waals surface area contributed by atoms with Crippen LogP contribution < -0.4 is 0 Å². The Balaban J connectivity index is -0.000000163. The highest BCUT2D eigenvalue weighted by atomic mass is 16.3. The third kappa shape index (κ3) is 29.3. The van der Waals surface area contributed by atoms with Gasteiger partial charge in [0.1, 0.15) is 5.75 Å². The second-order valence-electron chi connectivity index (χ2n) is 2.74. The predicted octanol–water partition coefficient (Wildman–Crippen LogP) is 5.42. The molecule has 0 aliphatic carbocycles. The molecule has 0 atom stereocenters. The van der Waals surface area contributed by atoms with Crippen molar-refractivity contribution in [2.45, 2.75) is 47.5 Å². The highest BCUT2D eigenvalue weighted by molar-refractivity contribution is 5.18. The van der Waals surface area contributed by atoms with Crippen molar-refractivity contribution in [3.05, 3.63) is 43.0 Å². The second-order valence-corrected chi connectivity index (χ2v) is 2.74. The molecule has 94 valence electrons. The fourth-order valence-corrected chi connectivity index (χ4v) is 0.428. The molecule has 0 unspecified atom stereocenters. The van der Waals surface area contributed by atoms with E-state index in [0.717, 1.165) is 6.42 Å². The van der Waals surface area contributed by atoms with Crippen LogP contribution in [-0.4, -0.2) is 5.11 Å². The van der Waals surface area contributed by atoms with E-state index < -0.39 is 0 Å². The molecule has 0 saturated heterocycles. The monoisotopic (exact) mass is 224 g/mol. The summed E-state index contributed by atoms with van der Waals surface area (Å²) >= 11 is 0. The number of phenolic OH excluding ortho intramolecular Hbond substituents is 1. The molecule has 0 fully saturated rings. The minimum Gasteiger partial charge on any atom is -0.508 e. The summed E-state index contributed by atoms with van der Waals surface area (Å²) in [5, 5.41) is 8.63. The number of para-hydroxylation sites is 1. The van der Waals surface area contributed by atoms with Crippen molar-refractivity contribution >= 4 is 0 Å². The van der Waals surface area contributed by atoms with Gasteiger partial charge in [-0.15, -0.1) is 6.58 Å². The fraction of sp³-hybridized carbons (Fsp3) is 0.467. The third-order valence-corrected chi connectivity index (χ3v) is 1.04. The van der Waals surface area contributed by atoms with Crippen LogP contribution >= 0.6 is 0 Å². The van der Waals surface area contributed by atoms with Gasteiger partial charge in [-0.2, -0.15) is 0 Å². The summed E-state index contributed by atoms with van der Waals surface area (Å²) in [4.78, 5) is 0. The van der Waals surface area contributed by atoms with Crippen molar-refractivity contribution in [3.8, 4) is 5.75 Å². The Morgan fingerprint density at radius 3 is 1.50 bits per heavy atom. The lowest BCUT2D eigenvalue weighted by atomic mass is 10.3. The van der Waals surface area contributed by atoms with Gasteiger partial charge in [-0.05, 0) is 18.6 Å². The minimum absolute atomic E-state index is 0.322. The minimum atomic E-state index is 0.322. The molecule has 0 aromatic heterocycles. The fourth-order valence-electron chi connectivity index (χ4n) is 0.428. The Hall–Kier alpha value is -1.24. The molecule has 1 nitrogen and oxygen atoms in total. The number of hydrogen-bond acceptors (Lipinski definition) is 1. The van der Waals surface area contributed by atoms with Gasteiger partial charge in [0.05, 0.1) is 0 Å². The maximum Gasteiger partial charge on any atom is 0.115 e. The van der Waals surface area contributed by atoms with Gasteiger partial charge >= 0.3 is 0 Å². The maximum absolute atomic E-state index is 8.63. The van der Waals surface area contributed by atoms with E-state index in [-0.39, 0.29) is 0 Å². The van der Waals surface area contributed by atoms with Crippen LogP contribution in [0, 0.1) is 0 Å². The van der Waals surface area contributed by atoms with E-state index in [1.807, 2.05) is 26.0 Å². The van der Waals surface area contributed by atoms with Crippen LogP contribution in [0.1, 0.15) is 47.5 Å². The van der Waals surface area contributed by atoms with E-state index in [9.17, 15) is 0 Å². The number of allylic oxidation sites excluding steroid dienone is 1. The van der Waals surface area contributed by atoms with E-state index in [2.05, 4.69) is 27.4 Å². The number of rotatable bonds is 1. The number of aromatic hydroxyl groups is 1. The molecule has 1 heteroatoms. The molecule has 0 saturated carbocycles. The number of phenols is 1. The average molecular weight is 224 g/mol. The maximum atomic E-state index is 8.63. The first kappa shape index (κ1) is 20.2. The summed E-state index contributed by atoms with van der Waals surface area (Å²) in [7, 11) is 0. The molecule has 0 aliphatic heterocycles. The van der Waals surface area contributed by atoms with Crippen molar-refractivity contribution in [2.24, 2.45) is 0 Å². The zero-order chi connectivity index (χ0) is 13.2. The van der Waals surface area contributed by atoms with Crippen molar-refractivity contribution in [1.82, 2.24) is 0 Å². The molecule has 1 aromatic rings. The summed E-state index contributed by atoms with van der Waals surface area (Å²) in [6, 6.07) is 8.71. The van der Waals surface area contributed by atoms with Crippen molar-refractivity contribution < 1.29 is 5.11 Å². The van der Waals surface area contributed by atoms with E-state index in [1.165, 1.54) is 6.42 Å². The zero-order valence-corrected chi connectivity index (χ0v) is 11.5. The molecular formula is C15H28O.